The summed E-state index contributed by atoms with van der Waals surface area (Å²) in [4.78, 5) is 11.3. The SMILES string of the molecule is CCc1nc(CCNC(=NC)NCC(c2ccc(F)cc2)N2CCOCC2)cs1. The first-order valence-electron chi connectivity index (χ1n) is 10.1. The fourth-order valence-corrected chi connectivity index (χ4v) is 4.16. The fraction of sp³-hybridized carbons (Fsp3) is 0.524. The molecular weight excluding hydrogens is 389 g/mol. The molecule has 1 aliphatic rings. The van der Waals surface area contributed by atoms with Crippen molar-refractivity contribution >= 4 is 17.3 Å². The smallest absolute Gasteiger partial charge is 0.191 e. The lowest BCUT2D eigenvalue weighted by Gasteiger charge is -2.35. The molecule has 1 unspecified atom stereocenters. The second kappa shape index (κ2) is 11.2. The minimum Gasteiger partial charge on any atom is -0.379 e. The van der Waals surface area contributed by atoms with Gasteiger partial charge in [-0.1, -0.05) is 19.1 Å². The summed E-state index contributed by atoms with van der Waals surface area (Å²) in [5.74, 6) is 0.546. The molecule has 2 heterocycles. The molecule has 0 amide bonds. The summed E-state index contributed by atoms with van der Waals surface area (Å²) < 4.78 is 18.9. The second-order valence-corrected chi connectivity index (χ2v) is 7.87. The topological polar surface area (TPSA) is 61.8 Å². The zero-order valence-electron chi connectivity index (χ0n) is 17.2. The van der Waals surface area contributed by atoms with Crippen molar-refractivity contribution < 1.29 is 9.13 Å². The third-order valence-corrected chi connectivity index (χ3v) is 6.05. The van der Waals surface area contributed by atoms with Crippen molar-refractivity contribution in [3.63, 3.8) is 0 Å². The summed E-state index contributed by atoms with van der Waals surface area (Å²) in [6, 6.07) is 6.90. The highest BCUT2D eigenvalue weighted by molar-refractivity contribution is 7.09. The van der Waals surface area contributed by atoms with Crippen LogP contribution in [0.3, 0.4) is 0 Å². The average molecular weight is 420 g/mol. The van der Waals surface area contributed by atoms with Gasteiger partial charge in [0.2, 0.25) is 0 Å². The molecule has 2 aromatic rings. The van der Waals surface area contributed by atoms with E-state index in [0.29, 0.717) is 6.54 Å². The van der Waals surface area contributed by atoms with E-state index < -0.39 is 0 Å². The van der Waals surface area contributed by atoms with Crippen molar-refractivity contribution in [1.29, 1.82) is 0 Å². The quantitative estimate of drug-likeness (QED) is 0.509. The Morgan fingerprint density at radius 1 is 1.28 bits per heavy atom. The highest BCUT2D eigenvalue weighted by atomic mass is 32.1. The van der Waals surface area contributed by atoms with Crippen LogP contribution in [0.1, 0.15) is 29.2 Å². The largest absolute Gasteiger partial charge is 0.379 e. The molecule has 1 fully saturated rings. The molecule has 1 atom stereocenters. The van der Waals surface area contributed by atoms with Gasteiger partial charge in [0.25, 0.3) is 0 Å². The van der Waals surface area contributed by atoms with Crippen LogP contribution in [-0.2, 0) is 17.6 Å². The van der Waals surface area contributed by atoms with Gasteiger partial charge in [-0.3, -0.25) is 9.89 Å². The van der Waals surface area contributed by atoms with Gasteiger partial charge < -0.3 is 15.4 Å². The summed E-state index contributed by atoms with van der Waals surface area (Å²) >= 11 is 1.72. The van der Waals surface area contributed by atoms with Gasteiger partial charge in [-0.05, 0) is 24.1 Å². The molecule has 0 radical (unpaired) electrons. The third kappa shape index (κ3) is 6.48. The number of thiazole rings is 1. The van der Waals surface area contributed by atoms with Crippen LogP contribution in [-0.4, -0.2) is 62.3 Å². The fourth-order valence-electron chi connectivity index (χ4n) is 3.38. The molecule has 8 heteroatoms. The number of hydrogen-bond acceptors (Lipinski definition) is 5. The van der Waals surface area contributed by atoms with Gasteiger partial charge in [0, 0.05) is 45.0 Å². The van der Waals surface area contributed by atoms with E-state index in [1.165, 1.54) is 17.1 Å². The van der Waals surface area contributed by atoms with Crippen LogP contribution < -0.4 is 10.6 Å². The van der Waals surface area contributed by atoms with E-state index in [-0.39, 0.29) is 11.9 Å². The zero-order valence-corrected chi connectivity index (χ0v) is 18.0. The van der Waals surface area contributed by atoms with Crippen LogP contribution in [0.25, 0.3) is 0 Å². The van der Waals surface area contributed by atoms with Crippen molar-refractivity contribution in [3.05, 3.63) is 51.7 Å². The first kappa shape index (κ1) is 21.7. The first-order chi connectivity index (χ1) is 14.2. The number of nitrogens with one attached hydrogen (secondary N) is 2. The number of rotatable bonds is 8. The molecule has 1 aromatic carbocycles. The summed E-state index contributed by atoms with van der Waals surface area (Å²) in [5.41, 5.74) is 2.21. The van der Waals surface area contributed by atoms with Crippen molar-refractivity contribution in [3.8, 4) is 0 Å². The molecule has 1 aromatic heterocycles. The van der Waals surface area contributed by atoms with Gasteiger partial charge in [0.1, 0.15) is 5.82 Å². The van der Waals surface area contributed by atoms with E-state index in [2.05, 4.69) is 37.8 Å². The molecule has 158 valence electrons. The van der Waals surface area contributed by atoms with Gasteiger partial charge in [0.15, 0.2) is 5.96 Å². The molecule has 0 saturated carbocycles. The van der Waals surface area contributed by atoms with Crippen molar-refractivity contribution in [2.24, 2.45) is 4.99 Å². The second-order valence-electron chi connectivity index (χ2n) is 6.93. The van der Waals surface area contributed by atoms with Gasteiger partial charge in [-0.25, -0.2) is 9.37 Å². The summed E-state index contributed by atoms with van der Waals surface area (Å²) in [7, 11) is 1.77. The van der Waals surface area contributed by atoms with Crippen LogP contribution in [0, 0.1) is 5.82 Å². The number of aromatic nitrogens is 1. The number of ether oxygens (including phenoxy) is 1. The van der Waals surface area contributed by atoms with Crippen molar-refractivity contribution in [1.82, 2.24) is 20.5 Å². The lowest BCUT2D eigenvalue weighted by Crippen LogP contribution is -2.46. The zero-order chi connectivity index (χ0) is 20.5. The van der Waals surface area contributed by atoms with Crippen molar-refractivity contribution in [2.45, 2.75) is 25.8 Å². The number of aryl methyl sites for hydroxylation is 1. The Kier molecular flexibility index (Phi) is 8.39. The van der Waals surface area contributed by atoms with E-state index in [9.17, 15) is 4.39 Å². The van der Waals surface area contributed by atoms with Crippen LogP contribution in [0.15, 0.2) is 34.6 Å². The Hall–Kier alpha value is -2.03. The predicted octanol–water partition coefficient (Wildman–Crippen LogP) is 2.63. The van der Waals surface area contributed by atoms with Crippen LogP contribution in [0.5, 0.6) is 0 Å². The lowest BCUT2D eigenvalue weighted by atomic mass is 10.0. The number of benzene rings is 1. The van der Waals surface area contributed by atoms with Gasteiger partial charge in [-0.15, -0.1) is 11.3 Å². The highest BCUT2D eigenvalue weighted by Gasteiger charge is 2.23. The Morgan fingerprint density at radius 2 is 2.03 bits per heavy atom. The molecule has 0 bridgehead atoms. The number of nitrogens with zero attached hydrogens (tertiary/aromatic N) is 3. The Bertz CT molecular complexity index is 774. The van der Waals surface area contributed by atoms with E-state index in [4.69, 9.17) is 4.74 Å². The first-order valence-corrected chi connectivity index (χ1v) is 11.0. The molecule has 0 spiro atoms. The monoisotopic (exact) mass is 419 g/mol. The molecule has 6 nitrogen and oxygen atoms in total. The third-order valence-electron chi connectivity index (χ3n) is 5.00. The van der Waals surface area contributed by atoms with Gasteiger partial charge >= 0.3 is 0 Å². The number of morpholine rings is 1. The molecule has 1 saturated heterocycles. The van der Waals surface area contributed by atoms with Crippen LogP contribution >= 0.6 is 11.3 Å². The molecule has 3 rings (SSSR count). The molecule has 0 aliphatic carbocycles. The van der Waals surface area contributed by atoms with Crippen LogP contribution in [0.4, 0.5) is 4.39 Å². The minimum absolute atomic E-state index is 0.128. The highest BCUT2D eigenvalue weighted by Crippen LogP contribution is 2.21. The van der Waals surface area contributed by atoms with E-state index in [0.717, 1.165) is 62.9 Å². The van der Waals surface area contributed by atoms with Gasteiger partial charge in [-0.2, -0.15) is 0 Å². The Balaban J connectivity index is 1.55. The molecular formula is C21H30FN5OS. The van der Waals surface area contributed by atoms with E-state index in [1.54, 1.807) is 18.4 Å². The number of guanidine groups is 1. The van der Waals surface area contributed by atoms with E-state index in [1.807, 2.05) is 12.1 Å². The Morgan fingerprint density at radius 3 is 2.69 bits per heavy atom. The molecule has 1 aliphatic heterocycles. The number of aliphatic imine (C=N–C) groups is 1. The maximum atomic E-state index is 13.4. The summed E-state index contributed by atoms with van der Waals surface area (Å²) in [6.07, 6.45) is 1.84. The normalized spacial score (nSPS) is 16.6. The maximum Gasteiger partial charge on any atom is 0.191 e. The Labute approximate surface area is 176 Å². The summed E-state index contributed by atoms with van der Waals surface area (Å²) in [6.45, 7) is 6.74. The van der Waals surface area contributed by atoms with Crippen molar-refractivity contribution in [2.75, 3.05) is 46.4 Å². The molecule has 29 heavy (non-hydrogen) atoms. The standard InChI is InChI=1S/C21H30FN5OS/c1-3-20-26-18(15-29-20)8-9-24-21(23-2)25-14-19(27-10-12-28-13-11-27)16-4-6-17(22)7-5-16/h4-7,15,19H,3,8-14H2,1-2H3,(H2,23,24,25). The van der Waals surface area contributed by atoms with Gasteiger partial charge in [0.05, 0.1) is 30.0 Å². The minimum atomic E-state index is -0.215. The van der Waals surface area contributed by atoms with E-state index >= 15 is 0 Å². The summed E-state index contributed by atoms with van der Waals surface area (Å²) in [5, 5.41) is 10.1. The number of hydrogen-bond donors (Lipinski definition) is 2. The lowest BCUT2D eigenvalue weighted by molar-refractivity contribution is 0.0170. The number of halogens is 1. The van der Waals surface area contributed by atoms with Crippen LogP contribution in [0.2, 0.25) is 0 Å². The maximum absolute atomic E-state index is 13.4. The predicted molar refractivity (Wildman–Crippen MR) is 116 cm³/mol. The average Bonchev–Trinajstić information content (AvgIpc) is 3.22. The molecule has 2 N–H and O–H groups in total.